The lowest BCUT2D eigenvalue weighted by Crippen LogP contribution is -2.37. The predicted molar refractivity (Wildman–Crippen MR) is 68.2 cm³/mol. The van der Waals surface area contributed by atoms with Gasteiger partial charge in [0.15, 0.2) is 0 Å². The van der Waals surface area contributed by atoms with Crippen molar-refractivity contribution in [3.63, 3.8) is 0 Å². The van der Waals surface area contributed by atoms with Crippen LogP contribution >= 0.6 is 15.9 Å². The van der Waals surface area contributed by atoms with Gasteiger partial charge in [-0.3, -0.25) is 0 Å². The van der Waals surface area contributed by atoms with E-state index in [0.717, 1.165) is 11.0 Å². The number of rotatable bonds is 3. The van der Waals surface area contributed by atoms with Gasteiger partial charge in [-0.1, -0.05) is 12.8 Å². The molecule has 0 radical (unpaired) electrons. The number of nitrogens with two attached hydrogens (primary N) is 1. The van der Waals surface area contributed by atoms with Crippen molar-refractivity contribution in [3.8, 4) is 0 Å². The Morgan fingerprint density at radius 3 is 2.69 bits per heavy atom. The van der Waals surface area contributed by atoms with Crippen LogP contribution in [0.25, 0.3) is 0 Å². The summed E-state index contributed by atoms with van der Waals surface area (Å²) in [7, 11) is 0. The van der Waals surface area contributed by atoms with Gasteiger partial charge in [0, 0.05) is 18.4 Å². The van der Waals surface area contributed by atoms with E-state index in [1.54, 1.807) is 12.4 Å². The maximum Gasteiger partial charge on any atom is 0.222 e. The lowest BCUT2D eigenvalue weighted by molar-refractivity contribution is 0.331. The molecule has 0 spiro atoms. The summed E-state index contributed by atoms with van der Waals surface area (Å²) in [6.45, 7) is 0.744. The molecule has 88 valence electrons. The van der Waals surface area contributed by atoms with Gasteiger partial charge in [0.1, 0.15) is 0 Å². The maximum absolute atomic E-state index is 5.78. The molecule has 0 saturated heterocycles. The monoisotopic (exact) mass is 284 g/mol. The normalized spacial score (nSPS) is 25.4. The van der Waals surface area contributed by atoms with Crippen molar-refractivity contribution in [2.45, 2.75) is 31.7 Å². The van der Waals surface area contributed by atoms with Gasteiger partial charge in [-0.25, -0.2) is 9.97 Å². The summed E-state index contributed by atoms with van der Waals surface area (Å²) in [6, 6.07) is 0.430. The Balaban J connectivity index is 1.99. The smallest absolute Gasteiger partial charge is 0.222 e. The topological polar surface area (TPSA) is 63.8 Å². The number of halogens is 1. The van der Waals surface area contributed by atoms with Crippen LogP contribution in [0.15, 0.2) is 16.9 Å². The Labute approximate surface area is 104 Å². The van der Waals surface area contributed by atoms with Crippen LogP contribution in [-0.4, -0.2) is 22.6 Å². The van der Waals surface area contributed by atoms with Gasteiger partial charge in [-0.2, -0.15) is 0 Å². The lowest BCUT2D eigenvalue weighted by atomic mass is 9.84. The Hall–Kier alpha value is -0.680. The summed E-state index contributed by atoms with van der Waals surface area (Å²) in [5, 5.41) is 3.39. The highest BCUT2D eigenvalue weighted by atomic mass is 79.9. The molecule has 5 heteroatoms. The van der Waals surface area contributed by atoms with Gasteiger partial charge in [0.2, 0.25) is 5.95 Å². The van der Waals surface area contributed by atoms with Crippen molar-refractivity contribution in [1.29, 1.82) is 0 Å². The van der Waals surface area contributed by atoms with Crippen molar-refractivity contribution in [3.05, 3.63) is 16.9 Å². The second kappa shape index (κ2) is 5.59. The molecule has 1 aromatic rings. The molecule has 1 aliphatic rings. The fraction of sp³-hybridized carbons (Fsp3) is 0.636. The summed E-state index contributed by atoms with van der Waals surface area (Å²) in [6.07, 6.45) is 8.46. The van der Waals surface area contributed by atoms with E-state index < -0.39 is 0 Å². The molecule has 1 fully saturated rings. The maximum atomic E-state index is 5.78. The van der Waals surface area contributed by atoms with Gasteiger partial charge in [0.25, 0.3) is 0 Å². The van der Waals surface area contributed by atoms with Crippen molar-refractivity contribution in [2.75, 3.05) is 11.9 Å². The molecule has 2 atom stereocenters. The first kappa shape index (κ1) is 11.8. The molecule has 1 aromatic heterocycles. The van der Waals surface area contributed by atoms with Crippen LogP contribution in [0.4, 0.5) is 5.95 Å². The number of hydrogen-bond acceptors (Lipinski definition) is 4. The van der Waals surface area contributed by atoms with Crippen LogP contribution in [-0.2, 0) is 0 Å². The first-order chi connectivity index (χ1) is 7.79. The molecule has 1 saturated carbocycles. The average molecular weight is 285 g/mol. The molecule has 4 nitrogen and oxygen atoms in total. The average Bonchev–Trinajstić information content (AvgIpc) is 2.33. The van der Waals surface area contributed by atoms with E-state index in [2.05, 4.69) is 31.2 Å². The van der Waals surface area contributed by atoms with Gasteiger partial charge in [-0.05, 0) is 41.2 Å². The molecule has 3 N–H and O–H groups in total. The van der Waals surface area contributed by atoms with Crippen LogP contribution in [0, 0.1) is 5.92 Å². The van der Waals surface area contributed by atoms with Crippen molar-refractivity contribution in [2.24, 2.45) is 11.7 Å². The molecule has 0 aromatic carbocycles. The van der Waals surface area contributed by atoms with Gasteiger partial charge in [-0.15, -0.1) is 0 Å². The Bertz CT molecular complexity index is 327. The van der Waals surface area contributed by atoms with Gasteiger partial charge in [0.05, 0.1) is 4.47 Å². The zero-order valence-corrected chi connectivity index (χ0v) is 10.8. The molecule has 2 unspecified atom stereocenters. The quantitative estimate of drug-likeness (QED) is 0.893. The Morgan fingerprint density at radius 1 is 1.31 bits per heavy atom. The highest BCUT2D eigenvalue weighted by molar-refractivity contribution is 9.10. The van der Waals surface area contributed by atoms with Crippen LogP contribution < -0.4 is 11.1 Å². The van der Waals surface area contributed by atoms with E-state index in [9.17, 15) is 0 Å². The number of nitrogens with zero attached hydrogens (tertiary/aromatic N) is 2. The number of nitrogens with one attached hydrogen (secondary N) is 1. The molecular formula is C11H17BrN4. The Kier molecular flexibility index (Phi) is 4.12. The first-order valence-electron chi connectivity index (χ1n) is 5.73. The summed E-state index contributed by atoms with van der Waals surface area (Å²) >= 11 is 3.32. The minimum atomic E-state index is 0.430. The van der Waals surface area contributed by atoms with Crippen LogP contribution in [0.5, 0.6) is 0 Å². The molecule has 16 heavy (non-hydrogen) atoms. The zero-order valence-electron chi connectivity index (χ0n) is 9.19. The summed E-state index contributed by atoms with van der Waals surface area (Å²) < 4.78 is 0.900. The molecule has 2 rings (SSSR count). The van der Waals surface area contributed by atoms with Crippen LogP contribution in [0.3, 0.4) is 0 Å². The van der Waals surface area contributed by atoms with E-state index >= 15 is 0 Å². The van der Waals surface area contributed by atoms with E-state index in [4.69, 9.17) is 5.73 Å². The third-order valence-corrected chi connectivity index (χ3v) is 3.56. The van der Waals surface area contributed by atoms with Crippen LogP contribution in [0.2, 0.25) is 0 Å². The number of anilines is 1. The highest BCUT2D eigenvalue weighted by Crippen LogP contribution is 2.25. The summed E-state index contributed by atoms with van der Waals surface area (Å²) in [5.41, 5.74) is 5.78. The van der Waals surface area contributed by atoms with Gasteiger partial charge >= 0.3 is 0 Å². The van der Waals surface area contributed by atoms with Crippen LogP contribution in [0.1, 0.15) is 25.7 Å². The number of aromatic nitrogens is 2. The summed E-state index contributed by atoms with van der Waals surface area (Å²) in [5.74, 6) is 1.26. The third kappa shape index (κ3) is 2.92. The predicted octanol–water partition coefficient (Wildman–Crippen LogP) is 2.17. The fourth-order valence-corrected chi connectivity index (χ4v) is 2.44. The van der Waals surface area contributed by atoms with Crippen molar-refractivity contribution >= 4 is 21.9 Å². The zero-order chi connectivity index (χ0) is 11.4. The largest absolute Gasteiger partial charge is 0.351 e. The summed E-state index contributed by atoms with van der Waals surface area (Å²) in [4.78, 5) is 8.46. The molecular weight excluding hydrogens is 268 g/mol. The standard InChI is InChI=1S/C11H17BrN4/c12-9-6-14-11(15-7-9)16-10-4-2-1-3-8(10)5-13/h6-8,10H,1-5,13H2,(H,14,15,16). The molecule has 1 heterocycles. The SMILES string of the molecule is NCC1CCCCC1Nc1ncc(Br)cn1. The van der Waals surface area contributed by atoms with Crippen molar-refractivity contribution in [1.82, 2.24) is 9.97 Å². The van der Waals surface area contributed by atoms with Gasteiger partial charge < -0.3 is 11.1 Å². The number of hydrogen-bond donors (Lipinski definition) is 2. The molecule has 1 aliphatic carbocycles. The minimum absolute atomic E-state index is 0.430. The van der Waals surface area contributed by atoms with E-state index in [0.29, 0.717) is 17.9 Å². The molecule has 0 bridgehead atoms. The van der Waals surface area contributed by atoms with E-state index in [1.165, 1.54) is 25.7 Å². The second-order valence-corrected chi connectivity index (χ2v) is 5.17. The minimum Gasteiger partial charge on any atom is -0.351 e. The highest BCUT2D eigenvalue weighted by Gasteiger charge is 2.24. The lowest BCUT2D eigenvalue weighted by Gasteiger charge is -2.31. The fourth-order valence-electron chi connectivity index (χ4n) is 2.23. The molecule has 0 aliphatic heterocycles. The van der Waals surface area contributed by atoms with Crippen molar-refractivity contribution < 1.29 is 0 Å². The van der Waals surface area contributed by atoms with E-state index in [-0.39, 0.29) is 0 Å². The second-order valence-electron chi connectivity index (χ2n) is 4.26. The third-order valence-electron chi connectivity index (χ3n) is 3.15. The Morgan fingerprint density at radius 2 is 2.00 bits per heavy atom. The first-order valence-corrected chi connectivity index (χ1v) is 6.53. The van der Waals surface area contributed by atoms with E-state index in [1.807, 2.05) is 0 Å². The molecule has 0 amide bonds.